The molecule has 29 heavy (non-hydrogen) atoms. The van der Waals surface area contributed by atoms with E-state index in [0.29, 0.717) is 38.3 Å². The predicted molar refractivity (Wildman–Crippen MR) is 112 cm³/mol. The van der Waals surface area contributed by atoms with Crippen LogP contribution in [0.2, 0.25) is 0 Å². The molecule has 0 atom stereocenters. The summed E-state index contributed by atoms with van der Waals surface area (Å²) in [6.07, 6.45) is 1.81. The summed E-state index contributed by atoms with van der Waals surface area (Å²) in [6.45, 7) is 6.30. The van der Waals surface area contributed by atoms with Gasteiger partial charge in [-0.05, 0) is 24.3 Å². The number of carbonyl (C=O) groups is 2. The SMILES string of the molecule is O=C(CN1CCN(c2ccccn2)CC1)N1CCN(C(=O)c2ccccc2)CC1. The Kier molecular flexibility index (Phi) is 6.05. The molecule has 2 aromatic rings. The Morgan fingerprint density at radius 2 is 1.41 bits per heavy atom. The highest BCUT2D eigenvalue weighted by atomic mass is 16.2. The maximum absolute atomic E-state index is 12.7. The first kappa shape index (κ1) is 19.4. The summed E-state index contributed by atoms with van der Waals surface area (Å²) >= 11 is 0. The summed E-state index contributed by atoms with van der Waals surface area (Å²) in [6, 6.07) is 15.3. The van der Waals surface area contributed by atoms with E-state index in [1.807, 2.05) is 64.5 Å². The van der Waals surface area contributed by atoms with Gasteiger partial charge in [-0.2, -0.15) is 0 Å². The molecular formula is C22H27N5O2. The second kappa shape index (κ2) is 9.05. The molecule has 2 amide bonds. The van der Waals surface area contributed by atoms with Gasteiger partial charge in [0, 0.05) is 64.1 Å². The minimum atomic E-state index is 0.0448. The summed E-state index contributed by atoms with van der Waals surface area (Å²) in [5, 5.41) is 0. The van der Waals surface area contributed by atoms with Gasteiger partial charge in [0.05, 0.1) is 6.54 Å². The van der Waals surface area contributed by atoms with E-state index < -0.39 is 0 Å². The average Bonchev–Trinajstić information content (AvgIpc) is 2.80. The predicted octanol–water partition coefficient (Wildman–Crippen LogP) is 1.19. The topological polar surface area (TPSA) is 60.0 Å². The molecule has 7 nitrogen and oxygen atoms in total. The van der Waals surface area contributed by atoms with Crippen LogP contribution < -0.4 is 4.90 Å². The Bertz CT molecular complexity index is 814. The molecule has 4 rings (SSSR count). The van der Waals surface area contributed by atoms with Gasteiger partial charge in [-0.25, -0.2) is 4.98 Å². The number of aromatic nitrogens is 1. The smallest absolute Gasteiger partial charge is 0.253 e. The van der Waals surface area contributed by atoms with Crippen LogP contribution in [0.3, 0.4) is 0 Å². The molecule has 2 aliphatic rings. The Balaban J connectivity index is 1.22. The fraction of sp³-hybridized carbons (Fsp3) is 0.409. The fourth-order valence-electron chi connectivity index (χ4n) is 3.89. The van der Waals surface area contributed by atoms with Gasteiger partial charge in [0.25, 0.3) is 5.91 Å². The third-order valence-corrected chi connectivity index (χ3v) is 5.64. The molecule has 3 heterocycles. The first-order chi connectivity index (χ1) is 14.2. The number of amides is 2. The van der Waals surface area contributed by atoms with E-state index in [1.54, 1.807) is 0 Å². The first-order valence-corrected chi connectivity index (χ1v) is 10.2. The molecule has 0 spiro atoms. The second-order valence-corrected chi connectivity index (χ2v) is 7.49. The monoisotopic (exact) mass is 393 g/mol. The van der Waals surface area contributed by atoms with Gasteiger partial charge in [-0.15, -0.1) is 0 Å². The molecule has 1 aromatic heterocycles. The average molecular weight is 393 g/mol. The Morgan fingerprint density at radius 3 is 2.07 bits per heavy atom. The number of carbonyl (C=O) groups excluding carboxylic acids is 2. The summed E-state index contributed by atoms with van der Waals surface area (Å²) in [5.41, 5.74) is 0.707. The Morgan fingerprint density at radius 1 is 0.759 bits per heavy atom. The van der Waals surface area contributed by atoms with Crippen LogP contribution in [0.4, 0.5) is 5.82 Å². The zero-order valence-corrected chi connectivity index (χ0v) is 16.6. The van der Waals surface area contributed by atoms with Gasteiger partial charge >= 0.3 is 0 Å². The normalized spacial score (nSPS) is 18.0. The van der Waals surface area contributed by atoms with Crippen molar-refractivity contribution in [3.8, 4) is 0 Å². The van der Waals surface area contributed by atoms with E-state index >= 15 is 0 Å². The van der Waals surface area contributed by atoms with Gasteiger partial charge in [-0.3, -0.25) is 14.5 Å². The minimum Gasteiger partial charge on any atom is -0.354 e. The number of nitrogens with zero attached hydrogens (tertiary/aromatic N) is 5. The van der Waals surface area contributed by atoms with Crippen molar-refractivity contribution in [2.45, 2.75) is 0 Å². The van der Waals surface area contributed by atoms with E-state index in [2.05, 4.69) is 14.8 Å². The lowest BCUT2D eigenvalue weighted by molar-refractivity contribution is -0.134. The van der Waals surface area contributed by atoms with E-state index in [4.69, 9.17) is 0 Å². The molecule has 0 aliphatic carbocycles. The number of benzene rings is 1. The van der Waals surface area contributed by atoms with Crippen LogP contribution in [-0.4, -0.2) is 90.4 Å². The molecule has 2 fully saturated rings. The van der Waals surface area contributed by atoms with Crippen molar-refractivity contribution in [2.24, 2.45) is 0 Å². The standard InChI is InChI=1S/C22H27N5O2/c28-21(18-24-10-12-25(13-11-24)20-8-4-5-9-23-20)26-14-16-27(17-15-26)22(29)19-6-2-1-3-7-19/h1-9H,10-18H2. The molecule has 0 bridgehead atoms. The van der Waals surface area contributed by atoms with E-state index in [9.17, 15) is 9.59 Å². The van der Waals surface area contributed by atoms with Crippen LogP contribution in [0.25, 0.3) is 0 Å². The van der Waals surface area contributed by atoms with Crippen molar-refractivity contribution in [2.75, 3.05) is 63.8 Å². The lowest BCUT2D eigenvalue weighted by Gasteiger charge is -2.38. The minimum absolute atomic E-state index is 0.0448. The van der Waals surface area contributed by atoms with Gasteiger partial charge in [0.15, 0.2) is 0 Å². The van der Waals surface area contributed by atoms with Crippen molar-refractivity contribution in [1.82, 2.24) is 19.7 Å². The van der Waals surface area contributed by atoms with Crippen LogP contribution >= 0.6 is 0 Å². The van der Waals surface area contributed by atoms with Crippen LogP contribution in [0.15, 0.2) is 54.7 Å². The van der Waals surface area contributed by atoms with Gasteiger partial charge in [-0.1, -0.05) is 24.3 Å². The molecule has 7 heteroatoms. The third-order valence-electron chi connectivity index (χ3n) is 5.64. The molecular weight excluding hydrogens is 366 g/mol. The number of hydrogen-bond donors (Lipinski definition) is 0. The molecule has 0 saturated carbocycles. The van der Waals surface area contributed by atoms with Gasteiger partial charge < -0.3 is 14.7 Å². The highest BCUT2D eigenvalue weighted by molar-refractivity contribution is 5.94. The van der Waals surface area contributed by atoms with Crippen LogP contribution in [0.1, 0.15) is 10.4 Å². The molecule has 2 saturated heterocycles. The molecule has 0 radical (unpaired) electrons. The number of hydrogen-bond acceptors (Lipinski definition) is 5. The van der Waals surface area contributed by atoms with Crippen molar-refractivity contribution in [1.29, 1.82) is 0 Å². The number of anilines is 1. The zero-order chi connectivity index (χ0) is 20.1. The lowest BCUT2D eigenvalue weighted by Crippen LogP contribution is -2.54. The van der Waals surface area contributed by atoms with E-state index in [0.717, 1.165) is 32.0 Å². The highest BCUT2D eigenvalue weighted by Crippen LogP contribution is 2.13. The maximum Gasteiger partial charge on any atom is 0.253 e. The molecule has 0 unspecified atom stereocenters. The molecule has 0 N–H and O–H groups in total. The van der Waals surface area contributed by atoms with Crippen molar-refractivity contribution in [3.05, 3.63) is 60.3 Å². The third kappa shape index (κ3) is 4.74. The van der Waals surface area contributed by atoms with Gasteiger partial charge in [0.2, 0.25) is 5.91 Å². The summed E-state index contributed by atoms with van der Waals surface area (Å²) in [4.78, 5) is 37.9. The Hall–Kier alpha value is -2.93. The largest absolute Gasteiger partial charge is 0.354 e. The maximum atomic E-state index is 12.7. The van der Waals surface area contributed by atoms with E-state index in [-0.39, 0.29) is 11.8 Å². The number of pyridine rings is 1. The van der Waals surface area contributed by atoms with Crippen molar-refractivity contribution in [3.63, 3.8) is 0 Å². The zero-order valence-electron chi connectivity index (χ0n) is 16.6. The van der Waals surface area contributed by atoms with E-state index in [1.165, 1.54) is 0 Å². The first-order valence-electron chi connectivity index (χ1n) is 10.2. The molecule has 1 aromatic carbocycles. The van der Waals surface area contributed by atoms with Gasteiger partial charge in [0.1, 0.15) is 5.82 Å². The van der Waals surface area contributed by atoms with Crippen LogP contribution in [0.5, 0.6) is 0 Å². The lowest BCUT2D eigenvalue weighted by atomic mass is 10.2. The van der Waals surface area contributed by atoms with Crippen LogP contribution in [0, 0.1) is 0 Å². The fourth-order valence-corrected chi connectivity index (χ4v) is 3.89. The Labute approximate surface area is 171 Å². The second-order valence-electron chi connectivity index (χ2n) is 7.49. The highest BCUT2D eigenvalue weighted by Gasteiger charge is 2.27. The quantitative estimate of drug-likeness (QED) is 0.781. The summed E-state index contributed by atoms with van der Waals surface area (Å²) in [5.74, 6) is 1.20. The number of rotatable bonds is 4. The molecule has 2 aliphatic heterocycles. The van der Waals surface area contributed by atoms with Crippen LogP contribution in [-0.2, 0) is 4.79 Å². The molecule has 152 valence electrons. The van der Waals surface area contributed by atoms with Crippen molar-refractivity contribution < 1.29 is 9.59 Å². The summed E-state index contributed by atoms with van der Waals surface area (Å²) in [7, 11) is 0. The van der Waals surface area contributed by atoms with Crippen molar-refractivity contribution >= 4 is 17.6 Å². The number of piperazine rings is 2. The summed E-state index contributed by atoms with van der Waals surface area (Å²) < 4.78 is 0.